The smallest absolute Gasteiger partial charge is 0.261 e. The van der Waals surface area contributed by atoms with Crippen LogP contribution in [0.2, 0.25) is 0 Å². The first-order valence-corrected chi connectivity index (χ1v) is 11.4. The van der Waals surface area contributed by atoms with Gasteiger partial charge in [-0.25, -0.2) is 18.4 Å². The molecule has 0 spiro atoms. The van der Waals surface area contributed by atoms with E-state index in [-0.39, 0.29) is 10.8 Å². The van der Waals surface area contributed by atoms with Crippen molar-refractivity contribution < 1.29 is 13.2 Å². The standard InChI is InChI=1S/C22H23N5O3S/c1-17-5-2-7-19(15-17)25-31(29,30)20-8-3-6-18(16-20)21(28)26-11-13-27(14-12-26)22-23-9-4-10-24-22/h2-10,15-16,25H,11-14H2,1H3. The first-order chi connectivity index (χ1) is 14.9. The van der Waals surface area contributed by atoms with Crippen molar-refractivity contribution in [3.8, 4) is 0 Å². The summed E-state index contributed by atoms with van der Waals surface area (Å²) < 4.78 is 28.2. The monoisotopic (exact) mass is 437 g/mol. The molecule has 0 bridgehead atoms. The number of piperazine rings is 1. The molecule has 0 atom stereocenters. The van der Waals surface area contributed by atoms with Crippen LogP contribution in [0.3, 0.4) is 0 Å². The van der Waals surface area contributed by atoms with Gasteiger partial charge >= 0.3 is 0 Å². The number of aromatic nitrogens is 2. The Morgan fingerprint density at radius 3 is 2.35 bits per heavy atom. The molecule has 1 saturated heterocycles. The van der Waals surface area contributed by atoms with E-state index >= 15 is 0 Å². The SMILES string of the molecule is Cc1cccc(NS(=O)(=O)c2cccc(C(=O)N3CCN(c4ncccn4)CC3)c2)c1. The van der Waals surface area contributed by atoms with E-state index in [4.69, 9.17) is 0 Å². The number of rotatable bonds is 5. The summed E-state index contributed by atoms with van der Waals surface area (Å²) in [5.41, 5.74) is 1.77. The fourth-order valence-electron chi connectivity index (χ4n) is 3.47. The van der Waals surface area contributed by atoms with Crippen LogP contribution in [-0.2, 0) is 10.0 Å². The second-order valence-electron chi connectivity index (χ2n) is 7.33. The van der Waals surface area contributed by atoms with Crippen molar-refractivity contribution in [2.24, 2.45) is 0 Å². The van der Waals surface area contributed by atoms with Gasteiger partial charge in [0.25, 0.3) is 15.9 Å². The van der Waals surface area contributed by atoms with Gasteiger partial charge in [0.15, 0.2) is 0 Å². The second-order valence-corrected chi connectivity index (χ2v) is 9.01. The fraction of sp³-hybridized carbons (Fsp3) is 0.227. The van der Waals surface area contributed by atoms with E-state index in [0.717, 1.165) is 5.56 Å². The minimum Gasteiger partial charge on any atom is -0.337 e. The van der Waals surface area contributed by atoms with Gasteiger partial charge in [-0.2, -0.15) is 0 Å². The minimum absolute atomic E-state index is 0.0520. The average Bonchev–Trinajstić information content (AvgIpc) is 2.79. The normalized spacial score (nSPS) is 14.4. The van der Waals surface area contributed by atoms with Crippen LogP contribution in [0.1, 0.15) is 15.9 Å². The Morgan fingerprint density at radius 2 is 1.65 bits per heavy atom. The van der Waals surface area contributed by atoms with Crippen LogP contribution in [0, 0.1) is 6.92 Å². The predicted molar refractivity (Wildman–Crippen MR) is 119 cm³/mol. The number of carbonyl (C=O) groups is 1. The zero-order valence-corrected chi connectivity index (χ0v) is 17.9. The molecule has 1 fully saturated rings. The Kier molecular flexibility index (Phi) is 5.85. The number of anilines is 2. The van der Waals surface area contributed by atoms with Gasteiger partial charge in [0.05, 0.1) is 4.90 Å². The maximum Gasteiger partial charge on any atom is 0.261 e. The van der Waals surface area contributed by atoms with Crippen molar-refractivity contribution in [2.75, 3.05) is 35.8 Å². The average molecular weight is 438 g/mol. The van der Waals surface area contributed by atoms with Gasteiger partial charge in [0.1, 0.15) is 0 Å². The third kappa shape index (κ3) is 4.83. The van der Waals surface area contributed by atoms with Gasteiger partial charge < -0.3 is 9.80 Å². The van der Waals surface area contributed by atoms with Crippen LogP contribution in [0.25, 0.3) is 0 Å². The molecule has 31 heavy (non-hydrogen) atoms. The topological polar surface area (TPSA) is 95.5 Å². The van der Waals surface area contributed by atoms with Crippen molar-refractivity contribution in [2.45, 2.75) is 11.8 Å². The lowest BCUT2D eigenvalue weighted by molar-refractivity contribution is 0.0746. The molecule has 1 aliphatic heterocycles. The summed E-state index contributed by atoms with van der Waals surface area (Å²) in [6.07, 6.45) is 3.38. The van der Waals surface area contributed by atoms with E-state index in [1.807, 2.05) is 17.9 Å². The van der Waals surface area contributed by atoms with Crippen molar-refractivity contribution in [3.05, 3.63) is 78.1 Å². The quantitative estimate of drug-likeness (QED) is 0.659. The number of hydrogen-bond donors (Lipinski definition) is 1. The Labute approximate surface area is 181 Å². The Balaban J connectivity index is 1.46. The number of carbonyl (C=O) groups excluding carboxylic acids is 1. The summed E-state index contributed by atoms with van der Waals surface area (Å²) in [6.45, 7) is 4.14. The molecule has 0 unspecified atom stereocenters. The minimum atomic E-state index is -3.81. The zero-order chi connectivity index (χ0) is 21.8. The van der Waals surface area contributed by atoms with Gasteiger partial charge in [-0.05, 0) is 48.9 Å². The van der Waals surface area contributed by atoms with E-state index in [2.05, 4.69) is 14.7 Å². The number of sulfonamides is 1. The number of amides is 1. The molecule has 3 aromatic rings. The second kappa shape index (κ2) is 8.73. The maximum atomic E-state index is 13.0. The number of hydrogen-bond acceptors (Lipinski definition) is 6. The zero-order valence-electron chi connectivity index (χ0n) is 17.1. The summed E-state index contributed by atoms with van der Waals surface area (Å²) in [7, 11) is -3.81. The molecule has 8 nitrogen and oxygen atoms in total. The highest BCUT2D eigenvalue weighted by Crippen LogP contribution is 2.19. The molecule has 0 saturated carbocycles. The van der Waals surface area contributed by atoms with Gasteiger partial charge in [-0.1, -0.05) is 18.2 Å². The Bertz CT molecular complexity index is 1180. The molecule has 2 aromatic carbocycles. The Morgan fingerprint density at radius 1 is 0.935 bits per heavy atom. The number of nitrogens with one attached hydrogen (secondary N) is 1. The van der Waals surface area contributed by atoms with Crippen LogP contribution >= 0.6 is 0 Å². The largest absolute Gasteiger partial charge is 0.337 e. The molecule has 1 aliphatic rings. The van der Waals surface area contributed by atoms with E-state index < -0.39 is 10.0 Å². The van der Waals surface area contributed by atoms with Gasteiger partial charge in [0, 0.05) is 49.8 Å². The third-order valence-electron chi connectivity index (χ3n) is 5.06. The molecule has 0 aliphatic carbocycles. The van der Waals surface area contributed by atoms with E-state index in [9.17, 15) is 13.2 Å². The summed E-state index contributed by atoms with van der Waals surface area (Å²) in [6, 6.07) is 15.0. The summed E-state index contributed by atoms with van der Waals surface area (Å²) in [5.74, 6) is 0.450. The highest BCUT2D eigenvalue weighted by atomic mass is 32.2. The molecule has 1 aromatic heterocycles. The lowest BCUT2D eigenvalue weighted by Crippen LogP contribution is -2.49. The highest BCUT2D eigenvalue weighted by Gasteiger charge is 2.24. The first kappa shape index (κ1) is 20.8. The van der Waals surface area contributed by atoms with Crippen molar-refractivity contribution in [1.29, 1.82) is 0 Å². The molecule has 4 rings (SSSR count). The molecule has 1 N–H and O–H groups in total. The van der Waals surface area contributed by atoms with E-state index in [1.165, 1.54) is 12.1 Å². The summed E-state index contributed by atoms with van der Waals surface area (Å²) >= 11 is 0. The van der Waals surface area contributed by atoms with Crippen molar-refractivity contribution in [1.82, 2.24) is 14.9 Å². The highest BCUT2D eigenvalue weighted by molar-refractivity contribution is 7.92. The van der Waals surface area contributed by atoms with Gasteiger partial charge in [-0.15, -0.1) is 0 Å². The van der Waals surface area contributed by atoms with E-state index in [1.54, 1.807) is 53.7 Å². The Hall–Kier alpha value is -3.46. The third-order valence-corrected chi connectivity index (χ3v) is 6.44. The van der Waals surface area contributed by atoms with Crippen LogP contribution in [0.4, 0.5) is 11.6 Å². The van der Waals surface area contributed by atoms with Crippen molar-refractivity contribution in [3.63, 3.8) is 0 Å². The molecular weight excluding hydrogens is 414 g/mol. The van der Waals surface area contributed by atoms with E-state index in [0.29, 0.717) is 43.4 Å². The molecule has 1 amide bonds. The summed E-state index contributed by atoms with van der Waals surface area (Å²) in [4.78, 5) is 25.3. The lowest BCUT2D eigenvalue weighted by atomic mass is 10.2. The molecule has 0 radical (unpaired) electrons. The lowest BCUT2D eigenvalue weighted by Gasteiger charge is -2.34. The number of aryl methyl sites for hydroxylation is 1. The first-order valence-electron chi connectivity index (χ1n) is 9.93. The molecular formula is C22H23N5O3S. The van der Waals surface area contributed by atoms with Crippen LogP contribution in [-0.4, -0.2) is 55.4 Å². The molecule has 2 heterocycles. The molecule has 160 valence electrons. The van der Waals surface area contributed by atoms with Crippen LogP contribution in [0.15, 0.2) is 71.9 Å². The van der Waals surface area contributed by atoms with Gasteiger partial charge in [0.2, 0.25) is 5.95 Å². The van der Waals surface area contributed by atoms with Gasteiger partial charge in [-0.3, -0.25) is 9.52 Å². The van der Waals surface area contributed by atoms with Crippen molar-refractivity contribution >= 4 is 27.6 Å². The summed E-state index contributed by atoms with van der Waals surface area (Å²) in [5, 5.41) is 0. The number of nitrogens with zero attached hydrogens (tertiary/aromatic N) is 4. The predicted octanol–water partition coefficient (Wildman–Crippen LogP) is 2.55. The van der Waals surface area contributed by atoms with Crippen LogP contribution in [0.5, 0.6) is 0 Å². The maximum absolute atomic E-state index is 13.0. The fourth-order valence-corrected chi connectivity index (χ4v) is 4.56. The molecule has 9 heteroatoms. The van der Waals surface area contributed by atoms with Crippen LogP contribution < -0.4 is 9.62 Å². The number of benzene rings is 2.